The number of nitrogens with zero attached hydrogens (tertiary/aromatic N) is 2. The van der Waals surface area contributed by atoms with Gasteiger partial charge in [-0.25, -0.2) is 0 Å². The summed E-state index contributed by atoms with van der Waals surface area (Å²) in [6.45, 7) is -0.0836. The molecule has 0 saturated carbocycles. The van der Waals surface area contributed by atoms with Gasteiger partial charge >= 0.3 is 0 Å². The Morgan fingerprint density at radius 1 is 1.04 bits per heavy atom. The van der Waals surface area contributed by atoms with Crippen LogP contribution in [0.2, 0.25) is 5.02 Å². The van der Waals surface area contributed by atoms with E-state index >= 15 is 0 Å². The first-order valence-corrected chi connectivity index (χ1v) is 9.38. The Morgan fingerprint density at radius 3 is 2.39 bits per heavy atom. The van der Waals surface area contributed by atoms with Gasteiger partial charge in [0.05, 0.1) is 6.61 Å². The minimum atomic E-state index is -0.288. The summed E-state index contributed by atoms with van der Waals surface area (Å²) in [5, 5.41) is 27.2. The zero-order valence-corrected chi connectivity index (χ0v) is 16.0. The van der Waals surface area contributed by atoms with Gasteiger partial charge in [0, 0.05) is 30.2 Å². The van der Waals surface area contributed by atoms with Crippen LogP contribution >= 0.6 is 11.6 Å². The molecule has 2 N–H and O–H groups in total. The highest BCUT2D eigenvalue weighted by Crippen LogP contribution is 2.26. The van der Waals surface area contributed by atoms with E-state index in [-0.39, 0.29) is 36.9 Å². The number of aliphatic hydroxyl groups excluding tert-OH is 1. The van der Waals surface area contributed by atoms with Crippen LogP contribution in [0.5, 0.6) is 5.75 Å². The van der Waals surface area contributed by atoms with Crippen LogP contribution in [-0.4, -0.2) is 32.8 Å². The predicted octanol–water partition coefficient (Wildman–Crippen LogP) is 3.49. The second-order valence-electron chi connectivity index (χ2n) is 6.62. The number of benzene rings is 2. The molecule has 3 aromatic rings. The van der Waals surface area contributed by atoms with E-state index < -0.39 is 0 Å². The summed E-state index contributed by atoms with van der Waals surface area (Å²) in [5.74, 6) is 0.666. The number of rotatable bonds is 9. The second kappa shape index (κ2) is 9.48. The number of hydrogen-bond donors (Lipinski definition) is 2. The lowest BCUT2D eigenvalue weighted by molar-refractivity contribution is -0.118. The maximum Gasteiger partial charge on any atom is 0.220 e. The van der Waals surface area contributed by atoms with E-state index in [0.717, 1.165) is 11.1 Å². The van der Waals surface area contributed by atoms with E-state index in [1.165, 1.54) is 0 Å². The van der Waals surface area contributed by atoms with Gasteiger partial charge in [-0.2, -0.15) is 0 Å². The molecule has 0 bridgehead atoms. The Labute approximate surface area is 167 Å². The van der Waals surface area contributed by atoms with Crippen molar-refractivity contribution in [3.05, 3.63) is 76.5 Å². The number of phenols is 1. The highest BCUT2D eigenvalue weighted by molar-refractivity contribution is 6.30. The molecule has 0 radical (unpaired) electrons. The van der Waals surface area contributed by atoms with Crippen LogP contribution in [0.1, 0.15) is 35.2 Å². The molecule has 0 fully saturated rings. The van der Waals surface area contributed by atoms with E-state index in [1.54, 1.807) is 36.4 Å². The van der Waals surface area contributed by atoms with Gasteiger partial charge in [0.15, 0.2) is 0 Å². The van der Waals surface area contributed by atoms with Crippen LogP contribution in [0.4, 0.5) is 0 Å². The minimum absolute atomic E-state index is 0.0491. The molecule has 1 aromatic heterocycles. The lowest BCUT2D eigenvalue weighted by atomic mass is 9.92. The molecule has 3 rings (SSSR count). The van der Waals surface area contributed by atoms with Gasteiger partial charge in [-0.3, -0.25) is 4.79 Å². The Balaban J connectivity index is 1.75. The highest BCUT2D eigenvalue weighted by atomic mass is 35.5. The van der Waals surface area contributed by atoms with E-state index in [9.17, 15) is 9.90 Å². The molecule has 2 aromatic carbocycles. The van der Waals surface area contributed by atoms with Crippen LogP contribution in [0.3, 0.4) is 0 Å². The molecule has 0 spiro atoms. The number of aromatic nitrogens is 2. The van der Waals surface area contributed by atoms with Crippen LogP contribution in [0, 0.1) is 0 Å². The Morgan fingerprint density at radius 2 is 1.71 bits per heavy atom. The molecule has 0 unspecified atom stereocenters. The van der Waals surface area contributed by atoms with Gasteiger partial charge in [-0.15, -0.1) is 10.2 Å². The van der Waals surface area contributed by atoms with E-state index in [2.05, 4.69) is 10.2 Å². The van der Waals surface area contributed by atoms with Crippen molar-refractivity contribution in [2.45, 2.75) is 31.6 Å². The molecule has 1 atom stereocenters. The zero-order valence-electron chi connectivity index (χ0n) is 15.2. The fourth-order valence-corrected chi connectivity index (χ4v) is 3.09. The standard InChI is InChI=1S/C21H21ClN2O4/c22-17-5-1-15(2-6-17)12-19(27)13-16(11-14-3-7-18(26)8-4-14)21-24-23-20(28-21)9-10-25/h1-8,16,25-26H,9-13H2/t16-/m1/s1. The number of ketones is 1. The van der Waals surface area contributed by atoms with Crippen LogP contribution in [0.25, 0.3) is 0 Å². The van der Waals surface area contributed by atoms with Crippen LogP contribution < -0.4 is 0 Å². The van der Waals surface area contributed by atoms with Gasteiger partial charge in [-0.1, -0.05) is 35.9 Å². The molecule has 0 aliphatic carbocycles. The fraction of sp³-hybridized carbons (Fsp3) is 0.286. The number of halogens is 1. The number of carbonyl (C=O) groups excluding carboxylic acids is 1. The monoisotopic (exact) mass is 400 g/mol. The van der Waals surface area contributed by atoms with Crippen LogP contribution in [0.15, 0.2) is 52.9 Å². The molecule has 7 heteroatoms. The summed E-state index contributed by atoms with van der Waals surface area (Å²) in [5.41, 5.74) is 1.84. The zero-order chi connectivity index (χ0) is 19.9. The lowest BCUT2D eigenvalue weighted by Gasteiger charge is -2.13. The third kappa shape index (κ3) is 5.65. The lowest BCUT2D eigenvalue weighted by Crippen LogP contribution is -2.12. The second-order valence-corrected chi connectivity index (χ2v) is 7.06. The van der Waals surface area contributed by atoms with E-state index in [4.69, 9.17) is 21.1 Å². The molecule has 0 amide bonds. The summed E-state index contributed by atoms with van der Waals surface area (Å²) in [7, 11) is 0. The number of phenolic OH excluding ortho intramolecular Hbond substituents is 1. The van der Waals surface area contributed by atoms with Crippen molar-refractivity contribution in [3.63, 3.8) is 0 Å². The summed E-state index contributed by atoms with van der Waals surface area (Å²) in [6, 6.07) is 14.0. The number of aliphatic hydroxyl groups is 1. The molecular formula is C21H21ClN2O4. The summed E-state index contributed by atoms with van der Waals surface area (Å²) in [4.78, 5) is 12.7. The Hall–Kier alpha value is -2.70. The van der Waals surface area contributed by atoms with Gasteiger partial charge in [0.25, 0.3) is 0 Å². The van der Waals surface area contributed by atoms with Crippen molar-refractivity contribution < 1.29 is 19.4 Å². The molecule has 0 aliphatic heterocycles. The van der Waals surface area contributed by atoms with Gasteiger partial charge in [-0.05, 0) is 41.8 Å². The normalized spacial score (nSPS) is 12.1. The summed E-state index contributed by atoms with van der Waals surface area (Å²) >= 11 is 5.89. The SMILES string of the molecule is O=C(Cc1ccc(Cl)cc1)C[C@@H](Cc1ccc(O)cc1)c1nnc(CCO)o1. The fourth-order valence-electron chi connectivity index (χ4n) is 2.97. The smallest absolute Gasteiger partial charge is 0.220 e. The number of carbonyl (C=O) groups is 1. The topological polar surface area (TPSA) is 96.5 Å². The number of aromatic hydroxyl groups is 1. The maximum absolute atomic E-state index is 12.7. The number of Topliss-reactive ketones (excluding diaryl/α,β-unsaturated/α-hetero) is 1. The Bertz CT molecular complexity index is 907. The first-order valence-electron chi connectivity index (χ1n) is 9.00. The molecule has 28 heavy (non-hydrogen) atoms. The average molecular weight is 401 g/mol. The highest BCUT2D eigenvalue weighted by Gasteiger charge is 2.23. The molecule has 6 nitrogen and oxygen atoms in total. The van der Waals surface area contributed by atoms with Crippen molar-refractivity contribution in [2.75, 3.05) is 6.61 Å². The average Bonchev–Trinajstić information content (AvgIpc) is 3.14. The van der Waals surface area contributed by atoms with Crippen LogP contribution in [-0.2, 0) is 24.1 Å². The molecule has 0 saturated heterocycles. The van der Waals surface area contributed by atoms with Crippen molar-refractivity contribution >= 4 is 17.4 Å². The van der Waals surface area contributed by atoms with Crippen molar-refractivity contribution in [3.8, 4) is 5.75 Å². The third-order valence-corrected chi connectivity index (χ3v) is 4.62. The van der Waals surface area contributed by atoms with E-state index in [1.807, 2.05) is 12.1 Å². The molecular weight excluding hydrogens is 380 g/mol. The maximum atomic E-state index is 12.7. The van der Waals surface area contributed by atoms with Crippen molar-refractivity contribution in [1.82, 2.24) is 10.2 Å². The van der Waals surface area contributed by atoms with Gasteiger partial charge < -0.3 is 14.6 Å². The van der Waals surface area contributed by atoms with Crippen molar-refractivity contribution in [2.24, 2.45) is 0 Å². The third-order valence-electron chi connectivity index (χ3n) is 4.36. The summed E-state index contributed by atoms with van der Waals surface area (Å²) in [6.07, 6.45) is 1.33. The quantitative estimate of drug-likeness (QED) is 0.570. The van der Waals surface area contributed by atoms with Gasteiger partial charge in [0.1, 0.15) is 11.5 Å². The number of hydrogen-bond acceptors (Lipinski definition) is 6. The molecule has 146 valence electrons. The summed E-state index contributed by atoms with van der Waals surface area (Å²) < 4.78 is 5.65. The first-order chi connectivity index (χ1) is 13.5. The predicted molar refractivity (Wildman–Crippen MR) is 104 cm³/mol. The minimum Gasteiger partial charge on any atom is -0.508 e. The van der Waals surface area contributed by atoms with E-state index in [0.29, 0.717) is 29.6 Å². The van der Waals surface area contributed by atoms with Gasteiger partial charge in [0.2, 0.25) is 11.8 Å². The molecule has 0 aliphatic rings. The Kier molecular flexibility index (Phi) is 6.79. The van der Waals surface area contributed by atoms with Crippen molar-refractivity contribution in [1.29, 1.82) is 0 Å². The largest absolute Gasteiger partial charge is 0.508 e. The molecule has 1 heterocycles. The first kappa shape index (κ1) is 20.0.